The Morgan fingerprint density at radius 1 is 0.875 bits per heavy atom. The molecule has 0 saturated heterocycles. The normalized spacial score (nSPS) is 16.2. The Bertz CT molecular complexity index is 412. The molecule has 12 heteroatoms. The molecular weight excluding hydrogens is 367 g/mol. The van der Waals surface area contributed by atoms with E-state index in [-0.39, 0.29) is 0 Å². The van der Waals surface area contributed by atoms with Crippen molar-refractivity contribution in [2.75, 3.05) is 0 Å². The zero-order chi connectivity index (χ0) is 20.0. The van der Waals surface area contributed by atoms with Crippen molar-refractivity contribution in [1.29, 1.82) is 0 Å². The Morgan fingerprint density at radius 3 is 1.50 bits per heavy atom. The van der Waals surface area contributed by atoms with Gasteiger partial charge in [0.2, 0.25) is 0 Å². The lowest BCUT2D eigenvalue weighted by Crippen LogP contribution is -2.55. The van der Waals surface area contributed by atoms with Crippen molar-refractivity contribution in [2.24, 2.45) is 0 Å². The SMILES string of the molecule is CCC(C)(C)NC(C)(CCC(F)(F)F)CC(F)(F)F.O=P(O)(O)O. The Labute approximate surface area is 136 Å². The van der Waals surface area contributed by atoms with Gasteiger partial charge in [-0.25, -0.2) is 4.57 Å². The molecule has 1 atom stereocenters. The van der Waals surface area contributed by atoms with Crippen molar-refractivity contribution >= 4 is 7.82 Å². The maximum Gasteiger partial charge on any atom is 0.466 e. The second-order valence-corrected chi connectivity index (χ2v) is 7.37. The van der Waals surface area contributed by atoms with Gasteiger partial charge in [0.15, 0.2) is 0 Å². The van der Waals surface area contributed by atoms with Crippen LogP contribution in [0.15, 0.2) is 0 Å². The summed E-state index contributed by atoms with van der Waals surface area (Å²) < 4.78 is 83.1. The molecule has 0 aliphatic heterocycles. The van der Waals surface area contributed by atoms with E-state index in [4.69, 9.17) is 19.2 Å². The maximum absolute atomic E-state index is 12.5. The topological polar surface area (TPSA) is 89.8 Å². The van der Waals surface area contributed by atoms with E-state index in [9.17, 15) is 26.3 Å². The first-order valence-corrected chi connectivity index (χ1v) is 8.46. The van der Waals surface area contributed by atoms with Gasteiger partial charge in [0.05, 0.1) is 6.42 Å². The molecule has 0 aromatic carbocycles. The molecule has 0 radical (unpaired) electrons. The van der Waals surface area contributed by atoms with Crippen LogP contribution in [0.5, 0.6) is 0 Å². The van der Waals surface area contributed by atoms with Crippen LogP contribution in [0.25, 0.3) is 0 Å². The van der Waals surface area contributed by atoms with Crippen molar-refractivity contribution in [3.8, 4) is 0 Å². The zero-order valence-corrected chi connectivity index (χ0v) is 14.7. The Hall–Kier alpha value is -0.350. The third kappa shape index (κ3) is 19.7. The molecule has 148 valence electrons. The Morgan fingerprint density at radius 2 is 1.25 bits per heavy atom. The lowest BCUT2D eigenvalue weighted by atomic mass is 9.87. The third-order valence-corrected chi connectivity index (χ3v) is 3.07. The van der Waals surface area contributed by atoms with Gasteiger partial charge in [-0.05, 0) is 33.6 Å². The summed E-state index contributed by atoms with van der Waals surface area (Å²) in [5.74, 6) is 0. The first-order chi connectivity index (χ1) is 10.2. The van der Waals surface area contributed by atoms with E-state index in [0.717, 1.165) is 0 Å². The van der Waals surface area contributed by atoms with Crippen LogP contribution in [0.4, 0.5) is 26.3 Å². The molecule has 0 aromatic heterocycles. The van der Waals surface area contributed by atoms with Crippen molar-refractivity contribution in [2.45, 2.75) is 76.8 Å². The molecule has 1 unspecified atom stereocenters. The van der Waals surface area contributed by atoms with Gasteiger partial charge in [-0.15, -0.1) is 0 Å². The second-order valence-electron chi connectivity index (χ2n) is 6.34. The third-order valence-electron chi connectivity index (χ3n) is 3.07. The molecule has 0 spiro atoms. The molecule has 0 bridgehead atoms. The molecule has 0 rings (SSSR count). The Balaban J connectivity index is 0. The highest BCUT2D eigenvalue weighted by atomic mass is 31.2. The van der Waals surface area contributed by atoms with Crippen LogP contribution in [0.1, 0.15) is 53.4 Å². The van der Waals surface area contributed by atoms with E-state index in [1.165, 1.54) is 6.92 Å². The van der Waals surface area contributed by atoms with Gasteiger partial charge in [-0.3, -0.25) is 0 Å². The van der Waals surface area contributed by atoms with Gasteiger partial charge in [0.1, 0.15) is 0 Å². The first-order valence-electron chi connectivity index (χ1n) is 6.89. The molecule has 0 aliphatic carbocycles. The molecule has 0 aromatic rings. The van der Waals surface area contributed by atoms with Crippen molar-refractivity contribution in [1.82, 2.24) is 5.32 Å². The van der Waals surface area contributed by atoms with Gasteiger partial charge >= 0.3 is 20.2 Å². The van der Waals surface area contributed by atoms with Crippen LogP contribution >= 0.6 is 7.82 Å². The van der Waals surface area contributed by atoms with Crippen LogP contribution in [0.3, 0.4) is 0 Å². The summed E-state index contributed by atoms with van der Waals surface area (Å²) in [5, 5.41) is 2.73. The highest BCUT2D eigenvalue weighted by Gasteiger charge is 2.43. The highest BCUT2D eigenvalue weighted by Crippen LogP contribution is 2.35. The zero-order valence-electron chi connectivity index (χ0n) is 13.8. The lowest BCUT2D eigenvalue weighted by molar-refractivity contribution is -0.163. The number of alkyl halides is 6. The summed E-state index contributed by atoms with van der Waals surface area (Å²) >= 11 is 0. The maximum atomic E-state index is 12.5. The van der Waals surface area contributed by atoms with Gasteiger partial charge in [-0.1, -0.05) is 6.92 Å². The average Bonchev–Trinajstić information content (AvgIpc) is 2.20. The fourth-order valence-electron chi connectivity index (χ4n) is 1.96. The quantitative estimate of drug-likeness (QED) is 0.408. The molecule has 0 fully saturated rings. The monoisotopic (exact) mass is 391 g/mol. The second kappa shape index (κ2) is 8.84. The van der Waals surface area contributed by atoms with Gasteiger partial charge < -0.3 is 20.0 Å². The lowest BCUT2D eigenvalue weighted by Gasteiger charge is -2.40. The minimum Gasteiger partial charge on any atom is -0.306 e. The van der Waals surface area contributed by atoms with Crippen LogP contribution in [-0.4, -0.2) is 38.1 Å². The molecular formula is C12H24F6NO4P. The number of halogens is 6. The number of rotatable bonds is 6. The van der Waals surface area contributed by atoms with E-state index in [1.807, 2.05) is 0 Å². The number of nitrogens with one attached hydrogen (secondary N) is 1. The minimum atomic E-state index is -4.64. The number of hydrogen-bond acceptors (Lipinski definition) is 2. The molecule has 0 aliphatic rings. The standard InChI is InChI=1S/C12H21F6N.H3O4P/c1-5-9(2,3)19-10(4,8-12(16,17)18)6-7-11(13,14)15;1-5(2,3)4/h19H,5-8H2,1-4H3;(H3,1,2,3,4). The van der Waals surface area contributed by atoms with Crippen LogP contribution < -0.4 is 5.32 Å². The molecule has 0 amide bonds. The molecule has 0 saturated carbocycles. The number of phosphoric acid groups is 1. The summed E-state index contributed by atoms with van der Waals surface area (Å²) in [4.78, 5) is 21.6. The largest absolute Gasteiger partial charge is 0.466 e. The summed E-state index contributed by atoms with van der Waals surface area (Å²) in [6, 6.07) is 0. The average molecular weight is 391 g/mol. The fourth-order valence-corrected chi connectivity index (χ4v) is 1.96. The summed E-state index contributed by atoms with van der Waals surface area (Å²) in [6.45, 7) is 6.32. The van der Waals surface area contributed by atoms with Crippen molar-refractivity contribution in [3.05, 3.63) is 0 Å². The molecule has 0 heterocycles. The first kappa shape index (κ1) is 25.9. The Kier molecular flexibility index (Phi) is 9.54. The molecule has 24 heavy (non-hydrogen) atoms. The summed E-state index contributed by atoms with van der Waals surface area (Å²) in [5.41, 5.74) is -2.27. The van der Waals surface area contributed by atoms with Gasteiger partial charge in [0, 0.05) is 17.5 Å². The smallest absolute Gasteiger partial charge is 0.306 e. The minimum absolute atomic E-state index is 0.520. The fraction of sp³-hybridized carbons (Fsp3) is 1.00. The molecule has 5 nitrogen and oxygen atoms in total. The molecule has 4 N–H and O–H groups in total. The van der Waals surface area contributed by atoms with Crippen LogP contribution in [-0.2, 0) is 4.57 Å². The van der Waals surface area contributed by atoms with E-state index >= 15 is 0 Å². The van der Waals surface area contributed by atoms with E-state index in [2.05, 4.69) is 5.32 Å². The van der Waals surface area contributed by atoms with Gasteiger partial charge in [0.25, 0.3) is 0 Å². The number of hydrogen-bond donors (Lipinski definition) is 4. The van der Waals surface area contributed by atoms with Crippen LogP contribution in [0.2, 0.25) is 0 Å². The summed E-state index contributed by atoms with van der Waals surface area (Å²) in [6.07, 6.45) is -11.5. The van der Waals surface area contributed by atoms with E-state index < -0.39 is 50.5 Å². The van der Waals surface area contributed by atoms with Gasteiger partial charge in [-0.2, -0.15) is 26.3 Å². The van der Waals surface area contributed by atoms with E-state index in [0.29, 0.717) is 6.42 Å². The van der Waals surface area contributed by atoms with Crippen molar-refractivity contribution in [3.63, 3.8) is 0 Å². The van der Waals surface area contributed by atoms with Crippen molar-refractivity contribution < 1.29 is 45.6 Å². The summed E-state index contributed by atoms with van der Waals surface area (Å²) in [7, 11) is -4.64. The highest BCUT2D eigenvalue weighted by molar-refractivity contribution is 7.45. The predicted molar refractivity (Wildman–Crippen MR) is 76.1 cm³/mol. The van der Waals surface area contributed by atoms with E-state index in [1.54, 1.807) is 20.8 Å². The predicted octanol–water partition coefficient (Wildman–Crippen LogP) is 3.89. The van der Waals surface area contributed by atoms with Crippen LogP contribution in [0, 0.1) is 0 Å².